The quantitative estimate of drug-likeness (QED) is 0.118. The number of pyridine rings is 1. The van der Waals surface area contributed by atoms with Gasteiger partial charge in [0.1, 0.15) is 58.8 Å². The van der Waals surface area contributed by atoms with Gasteiger partial charge in [-0.25, -0.2) is 15.0 Å². The minimum absolute atomic E-state index is 0.389. The van der Waals surface area contributed by atoms with Crippen molar-refractivity contribution < 1.29 is 38.0 Å². The number of anilines is 3. The van der Waals surface area contributed by atoms with Crippen LogP contribution >= 0.6 is 0 Å². The molecule has 17 heteroatoms. The molecule has 1 amide bonds. The van der Waals surface area contributed by atoms with Gasteiger partial charge in [-0.2, -0.15) is 5.10 Å². The normalized spacial score (nSPS) is 18.9. The Bertz CT molecular complexity index is 2820. The monoisotopic (exact) mass is 855 g/mol. The van der Waals surface area contributed by atoms with Crippen molar-refractivity contribution >= 4 is 45.2 Å². The van der Waals surface area contributed by atoms with Crippen molar-refractivity contribution in [2.75, 3.05) is 51.0 Å². The van der Waals surface area contributed by atoms with Gasteiger partial charge in [-0.3, -0.25) is 9.48 Å². The molecule has 2 saturated heterocycles. The number of nitrogens with zero attached hydrogens (tertiary/aromatic N) is 7. The molecule has 6 heterocycles. The van der Waals surface area contributed by atoms with Gasteiger partial charge in [-0.05, 0) is 68.4 Å². The Hall–Kier alpha value is -6.95. The van der Waals surface area contributed by atoms with Crippen LogP contribution in [0.3, 0.4) is 0 Å². The number of fused-ring (bicyclic) bond motifs is 3. The molecule has 9 rings (SSSR count). The summed E-state index contributed by atoms with van der Waals surface area (Å²) >= 11 is 0. The van der Waals surface area contributed by atoms with Gasteiger partial charge in [0.05, 0.1) is 45.0 Å². The first-order chi connectivity index (χ1) is 30.4. The van der Waals surface area contributed by atoms with Crippen LogP contribution in [-0.4, -0.2) is 94.8 Å². The molecule has 17 nitrogen and oxygen atoms in total. The molecule has 326 valence electrons. The van der Waals surface area contributed by atoms with E-state index in [0.717, 1.165) is 39.4 Å². The number of aromatic nitrogens is 6. The maximum absolute atomic E-state index is 14.3. The predicted molar refractivity (Wildman–Crippen MR) is 236 cm³/mol. The van der Waals surface area contributed by atoms with Gasteiger partial charge in [0, 0.05) is 79.5 Å². The van der Waals surface area contributed by atoms with Crippen LogP contribution in [0, 0.1) is 0 Å². The molecule has 7 aromatic rings. The van der Waals surface area contributed by atoms with Crippen LogP contribution in [-0.2, 0) is 39.1 Å². The first kappa shape index (κ1) is 41.4. The first-order valence-electron chi connectivity index (χ1n) is 20.4. The highest BCUT2D eigenvalue weighted by atomic mass is 16.8. The minimum atomic E-state index is -1.04. The summed E-state index contributed by atoms with van der Waals surface area (Å²) in [6, 6.07) is 22.9. The van der Waals surface area contributed by atoms with Crippen LogP contribution in [0.2, 0.25) is 0 Å². The van der Waals surface area contributed by atoms with E-state index in [4.69, 9.17) is 48.2 Å². The second-order valence-corrected chi connectivity index (χ2v) is 15.9. The third kappa shape index (κ3) is 8.01. The smallest absolute Gasteiger partial charge is 0.256 e. The second-order valence-electron chi connectivity index (χ2n) is 15.9. The highest BCUT2D eigenvalue weighted by Crippen LogP contribution is 2.46. The molecule has 0 unspecified atom stereocenters. The van der Waals surface area contributed by atoms with Crippen molar-refractivity contribution in [3.05, 3.63) is 103 Å². The van der Waals surface area contributed by atoms with Gasteiger partial charge in [0.2, 0.25) is 0 Å². The van der Waals surface area contributed by atoms with Gasteiger partial charge < -0.3 is 53.3 Å². The Kier molecular flexibility index (Phi) is 11.0. The second kappa shape index (κ2) is 16.7. The molecular weight excluding hydrogens is 807 g/mol. The standard InChI is InChI=1S/C46H49N9O8/c1-46(2)62-39-40(44(56)50-29-13-9-26-12-16-37(51-34(26)19-29)53(3)23-28-11-15-31(58-6)21-36(28)60-8)61-45(41(39)63-46)55-24-32(33-17-18-54(4)52-33)38-42(48-25-49-43(38)55)47-22-27-10-14-30(57-5)20-35(27)59-7/h9-21,24-25,39-41,45H,22-23H2,1-8H3,(H,50,56)(H,47,48,49)/t39-,40+,41-,45-/m1/s1. The maximum Gasteiger partial charge on any atom is 0.256 e. The Balaban J connectivity index is 0.998. The van der Waals surface area contributed by atoms with Crippen LogP contribution in [0.15, 0.2) is 91.5 Å². The Labute approximate surface area is 363 Å². The molecule has 2 aliphatic heterocycles. The molecule has 63 heavy (non-hydrogen) atoms. The maximum atomic E-state index is 14.3. The number of methoxy groups -OCH3 is 4. The largest absolute Gasteiger partial charge is 0.497 e. The summed E-state index contributed by atoms with van der Waals surface area (Å²) in [5.41, 5.74) is 5.17. The van der Waals surface area contributed by atoms with Gasteiger partial charge in [0.15, 0.2) is 18.1 Å². The van der Waals surface area contributed by atoms with Gasteiger partial charge in [0.25, 0.3) is 5.91 Å². The zero-order chi connectivity index (χ0) is 44.0. The lowest BCUT2D eigenvalue weighted by Gasteiger charge is -2.24. The molecular formula is C46H49N9O8. The number of amides is 1. The van der Waals surface area contributed by atoms with E-state index in [-0.39, 0.29) is 5.91 Å². The van der Waals surface area contributed by atoms with Crippen molar-refractivity contribution in [2.24, 2.45) is 7.05 Å². The summed E-state index contributed by atoms with van der Waals surface area (Å²) in [4.78, 5) is 30.8. The highest BCUT2D eigenvalue weighted by Gasteiger charge is 2.58. The number of aryl methyl sites for hydroxylation is 1. The fraction of sp³-hybridized carbons (Fsp3) is 0.326. The predicted octanol–water partition coefficient (Wildman–Crippen LogP) is 6.72. The van der Waals surface area contributed by atoms with E-state index >= 15 is 0 Å². The summed E-state index contributed by atoms with van der Waals surface area (Å²) in [5.74, 6) is 2.74. The van der Waals surface area contributed by atoms with Gasteiger partial charge >= 0.3 is 0 Å². The molecule has 0 bridgehead atoms. The van der Waals surface area contributed by atoms with Gasteiger partial charge in [-0.15, -0.1) is 0 Å². The molecule has 2 N–H and O–H groups in total. The average molecular weight is 856 g/mol. The van der Waals surface area contributed by atoms with E-state index in [1.807, 2.05) is 123 Å². The van der Waals surface area contributed by atoms with E-state index in [9.17, 15) is 4.79 Å². The number of hydrogen-bond donors (Lipinski definition) is 2. The molecule has 2 fully saturated rings. The zero-order valence-corrected chi connectivity index (χ0v) is 36.3. The van der Waals surface area contributed by atoms with Crippen molar-refractivity contribution in [1.82, 2.24) is 29.3 Å². The molecule has 0 radical (unpaired) electrons. The number of rotatable bonds is 14. The molecule has 0 saturated carbocycles. The molecule has 3 aromatic carbocycles. The summed E-state index contributed by atoms with van der Waals surface area (Å²) in [6.07, 6.45) is 2.03. The van der Waals surface area contributed by atoms with Crippen molar-refractivity contribution in [1.29, 1.82) is 0 Å². The van der Waals surface area contributed by atoms with Crippen LogP contribution in [0.5, 0.6) is 23.0 Å². The number of hydrogen-bond acceptors (Lipinski definition) is 14. The average Bonchev–Trinajstić information content (AvgIpc) is 4.06. The highest BCUT2D eigenvalue weighted by molar-refractivity contribution is 6.01. The van der Waals surface area contributed by atoms with Crippen LogP contribution < -0.4 is 34.5 Å². The molecule has 4 aromatic heterocycles. The fourth-order valence-electron chi connectivity index (χ4n) is 8.28. The third-order valence-corrected chi connectivity index (χ3v) is 11.3. The minimum Gasteiger partial charge on any atom is -0.497 e. The van der Waals surface area contributed by atoms with E-state index in [1.165, 1.54) is 6.33 Å². The molecule has 0 aliphatic carbocycles. The Morgan fingerprint density at radius 1 is 0.857 bits per heavy atom. The number of ether oxygens (including phenoxy) is 7. The Morgan fingerprint density at radius 3 is 2.29 bits per heavy atom. The van der Waals surface area contributed by atoms with Crippen molar-refractivity contribution in [3.8, 4) is 34.3 Å². The van der Waals surface area contributed by atoms with E-state index < -0.39 is 30.3 Å². The topological polar surface area (TPSA) is 170 Å². The van der Waals surface area contributed by atoms with Crippen molar-refractivity contribution in [2.45, 2.75) is 57.3 Å². The van der Waals surface area contributed by atoms with E-state index in [2.05, 4.69) is 15.6 Å². The van der Waals surface area contributed by atoms with Crippen molar-refractivity contribution in [3.63, 3.8) is 0 Å². The first-order valence-corrected chi connectivity index (χ1v) is 20.4. The summed E-state index contributed by atoms with van der Waals surface area (Å²) in [6.45, 7) is 4.60. The summed E-state index contributed by atoms with van der Waals surface area (Å²) in [5, 5.41) is 12.9. The lowest BCUT2D eigenvalue weighted by molar-refractivity contribution is -0.196. The van der Waals surface area contributed by atoms with E-state index in [0.29, 0.717) is 58.3 Å². The lowest BCUT2D eigenvalue weighted by Crippen LogP contribution is -2.39. The molecule has 0 spiro atoms. The summed E-state index contributed by atoms with van der Waals surface area (Å²) < 4.78 is 45.3. The SMILES string of the molecule is COc1ccc(CNc2ncnc3c2c(-c2ccn(C)n2)cn3[C@@H]2O[C@H](C(=O)Nc3ccc4ccc(N(C)Cc5ccc(OC)cc5OC)nc4c3)[C@H]3OC(C)(C)O[C@H]32)c(OC)c1. The molecule has 2 aliphatic rings. The van der Waals surface area contributed by atoms with Crippen LogP contribution in [0.1, 0.15) is 31.2 Å². The molecule has 4 atom stereocenters. The number of carbonyl (C=O) groups is 1. The van der Waals surface area contributed by atoms with Crippen LogP contribution in [0.4, 0.5) is 17.3 Å². The number of carbonyl (C=O) groups excluding carboxylic acids is 1. The lowest BCUT2D eigenvalue weighted by atomic mass is 10.1. The zero-order valence-electron chi connectivity index (χ0n) is 36.3. The van der Waals surface area contributed by atoms with E-state index in [1.54, 1.807) is 33.1 Å². The number of nitrogens with one attached hydrogen (secondary N) is 2. The van der Waals surface area contributed by atoms with Crippen LogP contribution in [0.25, 0.3) is 33.2 Å². The fourth-order valence-corrected chi connectivity index (χ4v) is 8.28. The van der Waals surface area contributed by atoms with Gasteiger partial charge in [-0.1, -0.05) is 6.07 Å². The summed E-state index contributed by atoms with van der Waals surface area (Å²) in [7, 11) is 10.3. The number of benzene rings is 3. The Morgan fingerprint density at radius 2 is 1.57 bits per heavy atom. The third-order valence-electron chi connectivity index (χ3n) is 11.3.